The number of likely N-dealkylation sites (tertiary alicyclic amines) is 1. The highest BCUT2D eigenvalue weighted by molar-refractivity contribution is 8.00. The van der Waals surface area contributed by atoms with Crippen LogP contribution in [-0.2, 0) is 22.7 Å². The number of anilines is 1. The summed E-state index contributed by atoms with van der Waals surface area (Å²) in [6, 6.07) is 16.2. The predicted molar refractivity (Wildman–Crippen MR) is 125 cm³/mol. The number of benzene rings is 2. The first-order chi connectivity index (χ1) is 14.6. The van der Waals surface area contributed by atoms with E-state index in [1.807, 2.05) is 31.2 Å². The molecule has 1 aliphatic heterocycles. The van der Waals surface area contributed by atoms with Crippen molar-refractivity contribution in [2.24, 2.45) is 0 Å². The quantitative estimate of drug-likeness (QED) is 0.638. The van der Waals surface area contributed by atoms with Crippen LogP contribution in [0.3, 0.4) is 0 Å². The molecule has 2 aromatic carbocycles. The molecule has 0 saturated carbocycles. The fraction of sp³-hybridized carbons (Fsp3) is 0.417. The smallest absolute Gasteiger partial charge is 0.234 e. The summed E-state index contributed by atoms with van der Waals surface area (Å²) in [5.41, 5.74) is 4.29. The second kappa shape index (κ2) is 11.8. The van der Waals surface area contributed by atoms with Gasteiger partial charge in [0, 0.05) is 18.8 Å². The molecule has 30 heavy (non-hydrogen) atoms. The van der Waals surface area contributed by atoms with E-state index < -0.39 is 0 Å². The first-order valence-corrected chi connectivity index (χ1v) is 11.7. The zero-order valence-electron chi connectivity index (χ0n) is 17.7. The number of hydrogen-bond acceptors (Lipinski definition) is 4. The normalized spacial score (nSPS) is 14.3. The lowest BCUT2D eigenvalue weighted by molar-refractivity contribution is -0.118. The number of nitrogens with zero attached hydrogens (tertiary/aromatic N) is 1. The summed E-state index contributed by atoms with van der Waals surface area (Å²) in [5.74, 6) is 0.379. The van der Waals surface area contributed by atoms with E-state index in [1.165, 1.54) is 49.7 Å². The number of rotatable bonds is 9. The molecule has 0 spiro atoms. The summed E-state index contributed by atoms with van der Waals surface area (Å²) in [5, 5.41) is 5.78. The summed E-state index contributed by atoms with van der Waals surface area (Å²) in [7, 11) is 0. The van der Waals surface area contributed by atoms with Gasteiger partial charge in [-0.25, -0.2) is 0 Å². The van der Waals surface area contributed by atoms with Crippen LogP contribution in [0.4, 0.5) is 5.69 Å². The maximum atomic E-state index is 12.1. The third-order valence-electron chi connectivity index (χ3n) is 5.14. The van der Waals surface area contributed by atoms with Gasteiger partial charge in [0.25, 0.3) is 0 Å². The fourth-order valence-corrected chi connectivity index (χ4v) is 4.19. The second-order valence-corrected chi connectivity index (χ2v) is 8.83. The van der Waals surface area contributed by atoms with E-state index >= 15 is 0 Å². The van der Waals surface area contributed by atoms with Crippen LogP contribution in [0, 0.1) is 6.92 Å². The lowest BCUT2D eigenvalue weighted by atomic mass is 10.1. The average molecular weight is 426 g/mol. The summed E-state index contributed by atoms with van der Waals surface area (Å²) >= 11 is 1.32. The molecule has 3 rings (SSSR count). The lowest BCUT2D eigenvalue weighted by Gasteiger charge is -2.26. The van der Waals surface area contributed by atoms with Crippen LogP contribution in [0.25, 0.3) is 0 Å². The summed E-state index contributed by atoms with van der Waals surface area (Å²) < 4.78 is 0. The number of carbonyl (C=O) groups excluding carboxylic acids is 2. The Morgan fingerprint density at radius 3 is 2.37 bits per heavy atom. The first-order valence-electron chi connectivity index (χ1n) is 10.6. The Morgan fingerprint density at radius 2 is 1.63 bits per heavy atom. The van der Waals surface area contributed by atoms with Crippen LogP contribution < -0.4 is 10.6 Å². The van der Waals surface area contributed by atoms with E-state index in [0.717, 1.165) is 23.4 Å². The highest BCUT2D eigenvalue weighted by atomic mass is 32.2. The molecule has 2 N–H and O–H groups in total. The molecule has 0 aromatic heterocycles. The van der Waals surface area contributed by atoms with Crippen molar-refractivity contribution in [3.63, 3.8) is 0 Å². The minimum Gasteiger partial charge on any atom is -0.351 e. The third kappa shape index (κ3) is 7.84. The van der Waals surface area contributed by atoms with Crippen LogP contribution >= 0.6 is 11.8 Å². The molecule has 0 atom stereocenters. The number of aryl methyl sites for hydroxylation is 1. The van der Waals surface area contributed by atoms with Crippen molar-refractivity contribution in [2.45, 2.75) is 39.3 Å². The van der Waals surface area contributed by atoms with Crippen molar-refractivity contribution in [1.82, 2.24) is 10.2 Å². The van der Waals surface area contributed by atoms with Gasteiger partial charge in [0.1, 0.15) is 0 Å². The number of amides is 2. The molecule has 2 aromatic rings. The van der Waals surface area contributed by atoms with Gasteiger partial charge in [0.15, 0.2) is 0 Å². The van der Waals surface area contributed by atoms with Crippen molar-refractivity contribution in [2.75, 3.05) is 29.9 Å². The van der Waals surface area contributed by atoms with Crippen LogP contribution in [0.2, 0.25) is 0 Å². The molecule has 0 aliphatic carbocycles. The van der Waals surface area contributed by atoms with E-state index in [-0.39, 0.29) is 23.3 Å². The monoisotopic (exact) mass is 425 g/mol. The fourth-order valence-electron chi connectivity index (χ4n) is 3.55. The van der Waals surface area contributed by atoms with E-state index in [1.54, 1.807) is 0 Å². The summed E-state index contributed by atoms with van der Waals surface area (Å²) in [6.07, 6.45) is 3.95. The molecular weight excluding hydrogens is 394 g/mol. The molecule has 2 amide bonds. The molecule has 160 valence electrons. The zero-order valence-corrected chi connectivity index (χ0v) is 18.5. The van der Waals surface area contributed by atoms with Gasteiger partial charge in [-0.1, -0.05) is 42.8 Å². The Hall–Kier alpha value is -2.31. The van der Waals surface area contributed by atoms with E-state index in [0.29, 0.717) is 6.54 Å². The Kier molecular flexibility index (Phi) is 8.78. The molecule has 0 radical (unpaired) electrons. The molecule has 1 fully saturated rings. The number of thioether (sulfide) groups is 1. The summed E-state index contributed by atoms with van der Waals surface area (Å²) in [6.45, 7) is 5.89. The molecule has 5 nitrogen and oxygen atoms in total. The first kappa shape index (κ1) is 22.4. The average Bonchev–Trinajstić information content (AvgIpc) is 2.74. The number of nitrogens with one attached hydrogen (secondary N) is 2. The van der Waals surface area contributed by atoms with Crippen molar-refractivity contribution >= 4 is 29.3 Å². The van der Waals surface area contributed by atoms with Gasteiger partial charge >= 0.3 is 0 Å². The Labute approximate surface area is 183 Å². The van der Waals surface area contributed by atoms with Gasteiger partial charge < -0.3 is 10.6 Å². The highest BCUT2D eigenvalue weighted by Crippen LogP contribution is 2.14. The predicted octanol–water partition coefficient (Wildman–Crippen LogP) is 3.97. The van der Waals surface area contributed by atoms with Crippen LogP contribution in [0.5, 0.6) is 0 Å². The molecule has 1 heterocycles. The molecular formula is C24H31N3O2S. The van der Waals surface area contributed by atoms with Crippen molar-refractivity contribution < 1.29 is 9.59 Å². The molecule has 1 saturated heterocycles. The minimum atomic E-state index is -0.0947. The Morgan fingerprint density at radius 1 is 0.933 bits per heavy atom. The third-order valence-corrected chi connectivity index (χ3v) is 6.07. The number of hydrogen-bond donors (Lipinski definition) is 2. The van der Waals surface area contributed by atoms with Crippen LogP contribution in [0.15, 0.2) is 48.5 Å². The van der Waals surface area contributed by atoms with Gasteiger partial charge in [0.05, 0.1) is 11.5 Å². The van der Waals surface area contributed by atoms with Gasteiger partial charge in [0.2, 0.25) is 11.8 Å². The topological polar surface area (TPSA) is 61.4 Å². The van der Waals surface area contributed by atoms with Gasteiger partial charge in [-0.2, -0.15) is 0 Å². The van der Waals surface area contributed by atoms with E-state index in [4.69, 9.17) is 0 Å². The Balaban J connectivity index is 1.31. The highest BCUT2D eigenvalue weighted by Gasteiger charge is 2.10. The second-order valence-electron chi connectivity index (χ2n) is 7.84. The molecule has 1 aliphatic rings. The maximum Gasteiger partial charge on any atom is 0.234 e. The zero-order chi connectivity index (χ0) is 21.2. The minimum absolute atomic E-state index is 0.0549. The largest absolute Gasteiger partial charge is 0.351 e. The molecule has 0 unspecified atom stereocenters. The lowest BCUT2D eigenvalue weighted by Crippen LogP contribution is -2.29. The summed E-state index contributed by atoms with van der Waals surface area (Å²) in [4.78, 5) is 26.6. The van der Waals surface area contributed by atoms with Crippen LogP contribution in [0.1, 0.15) is 36.0 Å². The van der Waals surface area contributed by atoms with Crippen molar-refractivity contribution in [3.05, 3.63) is 65.2 Å². The van der Waals surface area contributed by atoms with Gasteiger partial charge in [-0.05, 0) is 61.7 Å². The van der Waals surface area contributed by atoms with Crippen molar-refractivity contribution in [1.29, 1.82) is 0 Å². The Bertz CT molecular complexity index is 833. The van der Waals surface area contributed by atoms with Gasteiger partial charge in [-0.15, -0.1) is 11.8 Å². The maximum absolute atomic E-state index is 12.1. The van der Waals surface area contributed by atoms with Crippen LogP contribution in [-0.4, -0.2) is 41.3 Å². The van der Waals surface area contributed by atoms with Crippen molar-refractivity contribution in [3.8, 4) is 0 Å². The standard InChI is InChI=1S/C24H31N3O2S/c1-19-6-5-7-22(14-19)26-24(29)18-30-17-23(28)25-15-20-8-10-21(11-9-20)16-27-12-3-2-4-13-27/h5-11,14H,2-4,12-13,15-18H2,1H3,(H,25,28)(H,26,29). The van der Waals surface area contributed by atoms with Gasteiger partial charge in [-0.3, -0.25) is 14.5 Å². The number of piperidine rings is 1. The molecule has 6 heteroatoms. The number of carbonyl (C=O) groups is 2. The SMILES string of the molecule is Cc1cccc(NC(=O)CSCC(=O)NCc2ccc(CN3CCCCC3)cc2)c1. The molecule has 0 bridgehead atoms. The van der Waals surface area contributed by atoms with E-state index in [9.17, 15) is 9.59 Å². The van der Waals surface area contributed by atoms with E-state index in [2.05, 4.69) is 39.8 Å².